The molecule has 0 saturated heterocycles. The summed E-state index contributed by atoms with van der Waals surface area (Å²) in [5.41, 5.74) is 12.9. The molecule has 3 aromatic rings. The first-order valence-electron chi connectivity index (χ1n) is 7.15. The van der Waals surface area contributed by atoms with E-state index in [1.807, 2.05) is 18.2 Å². The Morgan fingerprint density at radius 1 is 0.958 bits per heavy atom. The Labute approximate surface area is 153 Å². The highest BCUT2D eigenvalue weighted by Crippen LogP contribution is 2.38. The number of nitrogens with two attached hydrogens (primary N) is 2. The first-order valence-corrected chi connectivity index (χ1v) is 8.78. The van der Waals surface area contributed by atoms with E-state index in [4.69, 9.17) is 35.9 Å². The van der Waals surface area contributed by atoms with Crippen molar-refractivity contribution < 1.29 is 4.39 Å². The molecule has 0 aliphatic heterocycles. The van der Waals surface area contributed by atoms with Crippen LogP contribution in [0.2, 0.25) is 0 Å². The number of fused-ring (bicyclic) bond motifs is 3. The minimum absolute atomic E-state index is 0.190. The lowest BCUT2D eigenvalue weighted by Gasteiger charge is -2.05. The monoisotopic (exact) mass is 378 g/mol. The molecule has 0 amide bonds. The van der Waals surface area contributed by atoms with Crippen LogP contribution in [0.1, 0.15) is 11.1 Å². The normalized spacial score (nSPS) is 10.9. The van der Waals surface area contributed by atoms with Gasteiger partial charge in [0.2, 0.25) is 0 Å². The summed E-state index contributed by atoms with van der Waals surface area (Å²) in [5.74, 6) is -0.284. The topological polar surface area (TPSA) is 76.1 Å². The molecule has 4 nitrogen and oxygen atoms in total. The smallest absolute Gasteiger partial charge is 0.163 e. The second-order valence-electron chi connectivity index (χ2n) is 5.27. The molecule has 3 rings (SSSR count). The summed E-state index contributed by atoms with van der Waals surface area (Å²) < 4.78 is 16.1. The molecule has 0 aliphatic carbocycles. The second-order valence-corrected chi connectivity index (χ2v) is 7.17. The van der Waals surface area contributed by atoms with Crippen molar-refractivity contribution in [2.24, 2.45) is 11.5 Å². The van der Waals surface area contributed by atoms with Gasteiger partial charge in [0.05, 0.1) is 0 Å². The van der Waals surface area contributed by atoms with Crippen molar-refractivity contribution in [1.29, 1.82) is 0 Å². The standard InChI is InChI=1S/C16H15FN4S3/c17-10-4-9(7-21-16(19)23)14-12(5-10)11-3-1-2-8(13(11)24-14)6-20-15(18)22/h1-5H,6-7H2,(H3,18,20,22)(H3,19,21,23). The third-order valence-corrected chi connectivity index (χ3v) is 5.29. The largest absolute Gasteiger partial charge is 0.376 e. The van der Waals surface area contributed by atoms with Crippen LogP contribution in [0, 0.1) is 5.82 Å². The van der Waals surface area contributed by atoms with Crippen molar-refractivity contribution in [1.82, 2.24) is 10.6 Å². The number of rotatable bonds is 4. The maximum absolute atomic E-state index is 14.0. The van der Waals surface area contributed by atoms with Crippen LogP contribution >= 0.6 is 35.8 Å². The summed E-state index contributed by atoms with van der Waals surface area (Å²) in [5, 5.41) is 8.17. The summed E-state index contributed by atoms with van der Waals surface area (Å²) in [6.45, 7) is 0.916. The molecule has 0 radical (unpaired) electrons. The summed E-state index contributed by atoms with van der Waals surface area (Å²) in [6, 6.07) is 9.01. The van der Waals surface area contributed by atoms with Crippen LogP contribution in [0.4, 0.5) is 4.39 Å². The Morgan fingerprint density at radius 2 is 1.58 bits per heavy atom. The predicted octanol–water partition coefficient (Wildman–Crippen LogP) is 2.86. The second kappa shape index (κ2) is 6.84. The molecule has 6 N–H and O–H groups in total. The summed E-state index contributed by atoms with van der Waals surface area (Å²) in [6.07, 6.45) is 0. The maximum atomic E-state index is 14.0. The lowest BCUT2D eigenvalue weighted by molar-refractivity contribution is 0.627. The van der Waals surface area contributed by atoms with Crippen LogP contribution in [0.15, 0.2) is 30.3 Å². The van der Waals surface area contributed by atoms with Gasteiger partial charge in [-0.25, -0.2) is 4.39 Å². The lowest BCUT2D eigenvalue weighted by Crippen LogP contribution is -2.28. The Bertz CT molecular complexity index is 951. The number of hydrogen-bond donors (Lipinski definition) is 4. The fourth-order valence-corrected chi connectivity index (χ4v) is 4.07. The van der Waals surface area contributed by atoms with Crippen LogP contribution in [-0.2, 0) is 13.1 Å². The highest BCUT2D eigenvalue weighted by atomic mass is 32.1. The molecule has 124 valence electrons. The minimum Gasteiger partial charge on any atom is -0.376 e. The average Bonchev–Trinajstić information content (AvgIpc) is 2.89. The van der Waals surface area contributed by atoms with E-state index in [0.29, 0.717) is 13.1 Å². The number of benzene rings is 2. The van der Waals surface area contributed by atoms with Crippen molar-refractivity contribution in [2.45, 2.75) is 13.1 Å². The molecule has 8 heteroatoms. The van der Waals surface area contributed by atoms with Crippen LogP contribution in [-0.4, -0.2) is 10.2 Å². The molecule has 0 atom stereocenters. The van der Waals surface area contributed by atoms with E-state index in [1.54, 1.807) is 17.4 Å². The zero-order valence-electron chi connectivity index (χ0n) is 12.6. The fourth-order valence-electron chi connectivity index (χ4n) is 2.63. The molecule has 0 saturated carbocycles. The van der Waals surface area contributed by atoms with Gasteiger partial charge >= 0.3 is 0 Å². The van der Waals surface area contributed by atoms with Crippen LogP contribution in [0.5, 0.6) is 0 Å². The summed E-state index contributed by atoms with van der Waals surface area (Å²) >= 11 is 11.3. The van der Waals surface area contributed by atoms with E-state index < -0.39 is 0 Å². The van der Waals surface area contributed by atoms with Crippen molar-refractivity contribution >= 4 is 66.2 Å². The summed E-state index contributed by atoms with van der Waals surface area (Å²) in [4.78, 5) is 0. The molecular formula is C16H15FN4S3. The molecule has 2 aromatic carbocycles. The lowest BCUT2D eigenvalue weighted by atomic mass is 10.1. The molecule has 24 heavy (non-hydrogen) atoms. The van der Waals surface area contributed by atoms with Gasteiger partial charge in [0.25, 0.3) is 0 Å². The molecule has 1 heterocycles. The van der Waals surface area contributed by atoms with E-state index in [2.05, 4.69) is 10.6 Å². The molecule has 1 aromatic heterocycles. The SMILES string of the molecule is NC(=S)NCc1cccc2c1sc1c(CNC(N)=S)cc(F)cc12. The molecule has 0 unspecified atom stereocenters. The van der Waals surface area contributed by atoms with Crippen molar-refractivity contribution in [3.05, 3.63) is 47.3 Å². The van der Waals surface area contributed by atoms with E-state index in [0.717, 1.165) is 31.3 Å². The highest BCUT2D eigenvalue weighted by Gasteiger charge is 2.13. The summed E-state index contributed by atoms with van der Waals surface area (Å²) in [7, 11) is 0. The van der Waals surface area contributed by atoms with Gasteiger partial charge in [-0.1, -0.05) is 18.2 Å². The number of thiophene rings is 1. The van der Waals surface area contributed by atoms with Crippen LogP contribution in [0.25, 0.3) is 20.2 Å². The van der Waals surface area contributed by atoms with E-state index in [9.17, 15) is 4.39 Å². The Morgan fingerprint density at radius 3 is 2.25 bits per heavy atom. The van der Waals surface area contributed by atoms with Crippen LogP contribution in [0.3, 0.4) is 0 Å². The van der Waals surface area contributed by atoms with Crippen LogP contribution < -0.4 is 22.1 Å². The van der Waals surface area contributed by atoms with Crippen molar-refractivity contribution in [2.75, 3.05) is 0 Å². The van der Waals surface area contributed by atoms with Gasteiger partial charge in [0.15, 0.2) is 10.2 Å². The number of thiocarbonyl (C=S) groups is 2. The maximum Gasteiger partial charge on any atom is 0.163 e. The number of hydrogen-bond acceptors (Lipinski definition) is 3. The van der Waals surface area contributed by atoms with Gasteiger partial charge in [-0.15, -0.1) is 11.3 Å². The quantitative estimate of drug-likeness (QED) is 0.523. The Kier molecular flexibility index (Phi) is 4.79. The van der Waals surface area contributed by atoms with E-state index in [1.165, 1.54) is 6.07 Å². The van der Waals surface area contributed by atoms with Gasteiger partial charge < -0.3 is 22.1 Å². The van der Waals surface area contributed by atoms with Crippen molar-refractivity contribution in [3.63, 3.8) is 0 Å². The minimum atomic E-state index is -0.284. The van der Waals surface area contributed by atoms with E-state index >= 15 is 0 Å². The average molecular weight is 379 g/mol. The fraction of sp³-hybridized carbons (Fsp3) is 0.125. The molecule has 0 bridgehead atoms. The van der Waals surface area contributed by atoms with Gasteiger partial charge in [0.1, 0.15) is 5.82 Å². The molecular weight excluding hydrogens is 363 g/mol. The zero-order valence-corrected chi connectivity index (χ0v) is 15.0. The number of nitrogens with one attached hydrogen (secondary N) is 2. The highest BCUT2D eigenvalue weighted by molar-refractivity contribution is 7.80. The Hall–Kier alpha value is -2.03. The molecule has 0 spiro atoms. The third kappa shape index (κ3) is 3.40. The van der Waals surface area contributed by atoms with E-state index in [-0.39, 0.29) is 16.0 Å². The van der Waals surface area contributed by atoms with Gasteiger partial charge in [0, 0.05) is 33.3 Å². The van der Waals surface area contributed by atoms with Gasteiger partial charge in [-0.05, 0) is 47.7 Å². The van der Waals surface area contributed by atoms with Crippen molar-refractivity contribution in [3.8, 4) is 0 Å². The Balaban J connectivity index is 2.15. The first-order chi connectivity index (χ1) is 11.5. The van der Waals surface area contributed by atoms with Gasteiger partial charge in [-0.2, -0.15) is 0 Å². The molecule has 0 aliphatic rings. The third-order valence-electron chi connectivity index (χ3n) is 3.63. The molecule has 0 fully saturated rings. The number of halogens is 1. The zero-order chi connectivity index (χ0) is 17.3. The predicted molar refractivity (Wildman–Crippen MR) is 107 cm³/mol. The first kappa shape index (κ1) is 16.8. The van der Waals surface area contributed by atoms with Gasteiger partial charge in [-0.3, -0.25) is 0 Å².